The molecule has 0 aromatic heterocycles. The Morgan fingerprint density at radius 3 is 2.28 bits per heavy atom. The number of hydrogen-bond acceptors (Lipinski definition) is 7. The molecule has 9 nitrogen and oxygen atoms in total. The maximum absolute atomic E-state index is 13.5. The molecular weight excluding hydrogens is 434 g/mol. The average molecular weight is 453 g/mol. The third-order valence-electron chi connectivity index (χ3n) is 4.81. The first-order valence-corrected chi connectivity index (χ1v) is 11.0. The van der Waals surface area contributed by atoms with Crippen molar-refractivity contribution in [2.75, 3.05) is 12.1 Å². The van der Waals surface area contributed by atoms with E-state index >= 15 is 0 Å². The van der Waals surface area contributed by atoms with Crippen LogP contribution in [0.15, 0.2) is 96.0 Å². The Bertz CT molecular complexity index is 1250. The van der Waals surface area contributed by atoms with Gasteiger partial charge < -0.3 is 4.74 Å². The van der Waals surface area contributed by atoms with Crippen molar-refractivity contribution < 1.29 is 22.9 Å². The number of anilines is 1. The lowest BCUT2D eigenvalue weighted by Gasteiger charge is -2.36. The SMILES string of the molecule is COc1ccc(N2C=CC(c3ccccc3[N+](=O)[O-])ON2S(=O)(=O)c2ccccc2)cc1. The maximum Gasteiger partial charge on any atom is 0.283 e. The van der Waals surface area contributed by atoms with Crippen LogP contribution in [0.5, 0.6) is 5.75 Å². The zero-order valence-electron chi connectivity index (χ0n) is 16.9. The first-order chi connectivity index (χ1) is 15.4. The Hall–Kier alpha value is -3.73. The van der Waals surface area contributed by atoms with E-state index < -0.39 is 21.1 Å². The van der Waals surface area contributed by atoms with Crippen molar-refractivity contribution in [1.82, 2.24) is 4.58 Å². The summed E-state index contributed by atoms with van der Waals surface area (Å²) in [5.41, 5.74) is 0.552. The summed E-state index contributed by atoms with van der Waals surface area (Å²) in [6.45, 7) is 0. The second-order valence-electron chi connectivity index (χ2n) is 6.75. The van der Waals surface area contributed by atoms with Crippen LogP contribution in [-0.4, -0.2) is 25.0 Å². The molecule has 32 heavy (non-hydrogen) atoms. The molecule has 0 saturated carbocycles. The molecule has 164 valence electrons. The van der Waals surface area contributed by atoms with E-state index in [4.69, 9.17) is 9.57 Å². The van der Waals surface area contributed by atoms with Crippen molar-refractivity contribution in [2.45, 2.75) is 11.0 Å². The van der Waals surface area contributed by atoms with E-state index in [1.54, 1.807) is 54.6 Å². The molecular formula is C22H19N3O6S. The van der Waals surface area contributed by atoms with Gasteiger partial charge in [-0.15, -0.1) is 0 Å². The molecule has 0 bridgehead atoms. The van der Waals surface area contributed by atoms with Gasteiger partial charge in [-0.1, -0.05) is 30.3 Å². The monoisotopic (exact) mass is 453 g/mol. The van der Waals surface area contributed by atoms with Crippen LogP contribution in [0.1, 0.15) is 11.7 Å². The highest BCUT2D eigenvalue weighted by Crippen LogP contribution is 2.36. The molecule has 0 radical (unpaired) electrons. The van der Waals surface area contributed by atoms with Gasteiger partial charge in [-0.2, -0.15) is 0 Å². The molecule has 0 spiro atoms. The molecule has 1 aliphatic rings. The van der Waals surface area contributed by atoms with Gasteiger partial charge in [0.2, 0.25) is 0 Å². The predicted octanol–water partition coefficient (Wildman–Crippen LogP) is 4.22. The summed E-state index contributed by atoms with van der Waals surface area (Å²) in [5.74, 6) is 0.603. The molecule has 0 saturated heterocycles. The molecule has 0 N–H and O–H groups in total. The lowest BCUT2D eigenvalue weighted by atomic mass is 10.1. The highest BCUT2D eigenvalue weighted by molar-refractivity contribution is 7.89. The summed E-state index contributed by atoms with van der Waals surface area (Å²) < 4.78 is 32.8. The molecule has 3 aromatic carbocycles. The van der Waals surface area contributed by atoms with Crippen molar-refractivity contribution >= 4 is 21.4 Å². The van der Waals surface area contributed by atoms with E-state index in [0.29, 0.717) is 11.4 Å². The smallest absolute Gasteiger partial charge is 0.283 e. The highest BCUT2D eigenvalue weighted by Gasteiger charge is 2.37. The summed E-state index contributed by atoms with van der Waals surface area (Å²) in [7, 11) is -2.63. The van der Waals surface area contributed by atoms with Gasteiger partial charge >= 0.3 is 0 Å². The van der Waals surface area contributed by atoms with E-state index in [-0.39, 0.29) is 16.1 Å². The fourth-order valence-corrected chi connectivity index (χ4v) is 4.49. The second kappa shape index (κ2) is 8.79. The summed E-state index contributed by atoms with van der Waals surface area (Å²) in [6.07, 6.45) is 2.07. The zero-order valence-corrected chi connectivity index (χ0v) is 17.8. The molecule has 1 unspecified atom stereocenters. The van der Waals surface area contributed by atoms with Crippen molar-refractivity contribution in [3.05, 3.63) is 107 Å². The standard InChI is InChI=1S/C22H19N3O6S/c1-30-18-13-11-17(12-14-18)23-16-15-22(20-9-5-6-10-21(20)24(26)27)31-25(23)32(28,29)19-7-3-2-4-8-19/h2-16,22H,1H3. The number of methoxy groups -OCH3 is 1. The van der Waals surface area contributed by atoms with Crippen molar-refractivity contribution in [2.24, 2.45) is 0 Å². The number of nitrogens with zero attached hydrogens (tertiary/aromatic N) is 3. The third-order valence-corrected chi connectivity index (χ3v) is 6.35. The van der Waals surface area contributed by atoms with E-state index in [9.17, 15) is 18.5 Å². The van der Waals surface area contributed by atoms with Crippen LogP contribution in [0.3, 0.4) is 0 Å². The Labute approximate surface area is 184 Å². The lowest BCUT2D eigenvalue weighted by molar-refractivity contribution is -0.386. The van der Waals surface area contributed by atoms with Crippen LogP contribution in [0.2, 0.25) is 0 Å². The number of ether oxygens (including phenoxy) is 1. The molecule has 10 heteroatoms. The largest absolute Gasteiger partial charge is 0.497 e. The van der Waals surface area contributed by atoms with Gasteiger partial charge in [0.25, 0.3) is 15.7 Å². The van der Waals surface area contributed by atoms with Gasteiger partial charge in [-0.25, -0.2) is 13.4 Å². The third kappa shape index (κ3) is 4.06. The molecule has 1 aliphatic heterocycles. The summed E-state index contributed by atoms with van der Waals surface area (Å²) in [5, 5.41) is 12.8. The van der Waals surface area contributed by atoms with Crippen molar-refractivity contribution in [1.29, 1.82) is 0 Å². The maximum atomic E-state index is 13.5. The van der Waals surface area contributed by atoms with Crippen LogP contribution in [0.25, 0.3) is 0 Å². The van der Waals surface area contributed by atoms with E-state index in [2.05, 4.69) is 0 Å². The Kier molecular flexibility index (Phi) is 5.91. The molecule has 4 rings (SSSR count). The fourth-order valence-electron chi connectivity index (χ4n) is 3.22. The second-order valence-corrected chi connectivity index (χ2v) is 8.49. The minimum Gasteiger partial charge on any atom is -0.497 e. The Morgan fingerprint density at radius 1 is 0.969 bits per heavy atom. The summed E-state index contributed by atoms with van der Waals surface area (Å²) in [4.78, 5) is 16.8. The lowest BCUT2D eigenvalue weighted by Crippen LogP contribution is -2.46. The Balaban J connectivity index is 1.80. The first-order valence-electron chi connectivity index (χ1n) is 9.54. The number of hydrogen-bond donors (Lipinski definition) is 0. The van der Waals surface area contributed by atoms with Crippen molar-refractivity contribution in [3.8, 4) is 5.75 Å². The fraction of sp³-hybridized carbons (Fsp3) is 0.0909. The number of benzene rings is 3. The van der Waals surface area contributed by atoms with Gasteiger partial charge in [-0.05, 0) is 48.5 Å². The van der Waals surface area contributed by atoms with E-state index in [1.165, 1.54) is 48.7 Å². The van der Waals surface area contributed by atoms with Crippen molar-refractivity contribution in [3.63, 3.8) is 0 Å². The van der Waals surface area contributed by atoms with Gasteiger partial charge in [0.05, 0.1) is 28.2 Å². The van der Waals surface area contributed by atoms with Crippen LogP contribution >= 0.6 is 0 Å². The normalized spacial score (nSPS) is 16.7. The van der Waals surface area contributed by atoms with Gasteiger partial charge in [-0.3, -0.25) is 15.0 Å². The number of nitro benzene ring substituents is 1. The minimum absolute atomic E-state index is 0.00937. The van der Waals surface area contributed by atoms with E-state index in [0.717, 1.165) is 4.58 Å². The summed E-state index contributed by atoms with van der Waals surface area (Å²) in [6, 6.07) is 20.6. The first kappa shape index (κ1) is 21.5. The molecule has 0 aliphatic carbocycles. The van der Waals surface area contributed by atoms with Gasteiger partial charge in [0, 0.05) is 16.8 Å². The molecule has 1 heterocycles. The number of hydrazine groups is 1. The number of nitro groups is 1. The number of para-hydroxylation sites is 1. The Morgan fingerprint density at radius 2 is 1.62 bits per heavy atom. The summed E-state index contributed by atoms with van der Waals surface area (Å²) >= 11 is 0. The molecule has 3 aromatic rings. The topological polar surface area (TPSA) is 102 Å². The van der Waals surface area contributed by atoms with Crippen LogP contribution in [0, 0.1) is 10.1 Å². The molecule has 1 atom stereocenters. The minimum atomic E-state index is -4.16. The molecule has 0 amide bonds. The van der Waals surface area contributed by atoms with Crippen LogP contribution in [0.4, 0.5) is 11.4 Å². The van der Waals surface area contributed by atoms with E-state index in [1.807, 2.05) is 0 Å². The van der Waals surface area contributed by atoms with Crippen LogP contribution in [-0.2, 0) is 14.9 Å². The number of rotatable bonds is 6. The highest BCUT2D eigenvalue weighted by atomic mass is 32.2. The van der Waals surface area contributed by atoms with Gasteiger partial charge in [0.1, 0.15) is 11.9 Å². The average Bonchev–Trinajstić information content (AvgIpc) is 2.84. The predicted molar refractivity (Wildman–Crippen MR) is 117 cm³/mol. The van der Waals surface area contributed by atoms with Gasteiger partial charge in [0.15, 0.2) is 0 Å². The van der Waals surface area contributed by atoms with Crippen LogP contribution < -0.4 is 9.75 Å². The number of sulfonamides is 1. The quantitative estimate of drug-likeness (QED) is 0.407. The zero-order chi connectivity index (χ0) is 22.7. The molecule has 0 fully saturated rings.